The Morgan fingerprint density at radius 3 is 2.38 bits per heavy atom. The van der Waals surface area contributed by atoms with Gasteiger partial charge in [0.15, 0.2) is 11.5 Å². The molecule has 2 aliphatic rings. The molecule has 1 N–H and O–H groups in total. The van der Waals surface area contributed by atoms with Crippen LogP contribution >= 0.6 is 0 Å². The predicted octanol–water partition coefficient (Wildman–Crippen LogP) is 2.45. The second kappa shape index (κ2) is 5.85. The number of nitrogens with one attached hydrogen (secondary N) is 1. The zero-order valence-electron chi connectivity index (χ0n) is 13.3. The normalized spacial score (nSPS) is 21.1. The maximum atomic E-state index is 5.76. The van der Waals surface area contributed by atoms with Crippen molar-refractivity contribution < 1.29 is 9.47 Å². The zero-order valence-corrected chi connectivity index (χ0v) is 13.3. The highest BCUT2D eigenvalue weighted by Gasteiger charge is 2.33. The van der Waals surface area contributed by atoms with Gasteiger partial charge in [0.2, 0.25) is 0 Å². The Hall–Kier alpha value is -1.26. The van der Waals surface area contributed by atoms with E-state index in [0.717, 1.165) is 37.7 Å². The van der Waals surface area contributed by atoms with Crippen LogP contribution in [0.2, 0.25) is 0 Å². The summed E-state index contributed by atoms with van der Waals surface area (Å²) in [5, 5.41) is 3.44. The summed E-state index contributed by atoms with van der Waals surface area (Å²) < 4.78 is 11.4. The molecule has 1 atom stereocenters. The van der Waals surface area contributed by atoms with Crippen molar-refractivity contribution >= 4 is 0 Å². The maximum Gasteiger partial charge on any atom is 0.161 e. The Bertz CT molecular complexity index is 490. The molecule has 2 heterocycles. The highest BCUT2D eigenvalue weighted by molar-refractivity contribution is 5.45. The molecule has 0 saturated carbocycles. The summed E-state index contributed by atoms with van der Waals surface area (Å²) in [6.07, 6.45) is 0. The smallest absolute Gasteiger partial charge is 0.161 e. The third-order valence-electron chi connectivity index (χ3n) is 4.22. The summed E-state index contributed by atoms with van der Waals surface area (Å²) in [5.74, 6) is 1.76. The molecule has 116 valence electrons. The van der Waals surface area contributed by atoms with Crippen molar-refractivity contribution in [3.05, 3.63) is 23.8 Å². The van der Waals surface area contributed by atoms with Crippen molar-refractivity contribution in [1.82, 2.24) is 10.2 Å². The van der Waals surface area contributed by atoms with Crippen molar-refractivity contribution in [2.24, 2.45) is 5.41 Å². The van der Waals surface area contributed by atoms with E-state index in [4.69, 9.17) is 9.47 Å². The fourth-order valence-electron chi connectivity index (χ4n) is 3.43. The van der Waals surface area contributed by atoms with Crippen LogP contribution < -0.4 is 14.8 Å². The number of fused-ring (bicyclic) bond motifs is 1. The molecule has 4 heteroatoms. The molecule has 0 unspecified atom stereocenters. The lowest BCUT2D eigenvalue weighted by Crippen LogP contribution is -2.48. The van der Waals surface area contributed by atoms with Crippen LogP contribution in [0.1, 0.15) is 32.4 Å². The first kappa shape index (κ1) is 14.7. The SMILES string of the molecule is CC(C)(C)[C@@H](c1ccc2c(c1)OCCO2)N1CCNCC1. The lowest BCUT2D eigenvalue weighted by molar-refractivity contribution is 0.0855. The molecule has 1 aromatic carbocycles. The van der Waals surface area contributed by atoms with Crippen LogP contribution in [-0.2, 0) is 0 Å². The zero-order chi connectivity index (χ0) is 14.9. The van der Waals surface area contributed by atoms with Crippen LogP contribution in [0.5, 0.6) is 11.5 Å². The average molecular weight is 290 g/mol. The first-order chi connectivity index (χ1) is 10.1. The standard InChI is InChI=1S/C17H26N2O2/c1-17(2,3)16(19-8-6-18-7-9-19)13-4-5-14-15(12-13)21-11-10-20-14/h4-5,12,16,18H,6-11H2,1-3H3/t16-/m1/s1. The minimum absolute atomic E-state index is 0.182. The molecule has 0 aromatic heterocycles. The van der Waals surface area contributed by atoms with Gasteiger partial charge >= 0.3 is 0 Å². The number of ether oxygens (including phenoxy) is 2. The van der Waals surface area contributed by atoms with Crippen molar-refractivity contribution in [1.29, 1.82) is 0 Å². The number of hydrogen-bond donors (Lipinski definition) is 1. The molecule has 4 nitrogen and oxygen atoms in total. The fraction of sp³-hybridized carbons (Fsp3) is 0.647. The van der Waals surface area contributed by atoms with Gasteiger partial charge < -0.3 is 14.8 Å². The van der Waals surface area contributed by atoms with Gasteiger partial charge in [-0.15, -0.1) is 0 Å². The third kappa shape index (κ3) is 3.16. The Kier molecular flexibility index (Phi) is 4.09. The summed E-state index contributed by atoms with van der Waals surface area (Å²) in [6.45, 7) is 12.6. The minimum Gasteiger partial charge on any atom is -0.486 e. The average Bonchev–Trinajstić information content (AvgIpc) is 2.47. The topological polar surface area (TPSA) is 33.7 Å². The van der Waals surface area contributed by atoms with Crippen LogP contribution in [0.3, 0.4) is 0 Å². The number of nitrogens with zero attached hydrogens (tertiary/aromatic N) is 1. The molecule has 0 radical (unpaired) electrons. The molecular formula is C17H26N2O2. The summed E-state index contributed by atoms with van der Waals surface area (Å²) in [6, 6.07) is 6.83. The highest BCUT2D eigenvalue weighted by Crippen LogP contribution is 2.41. The molecule has 0 aliphatic carbocycles. The van der Waals surface area contributed by atoms with E-state index >= 15 is 0 Å². The maximum absolute atomic E-state index is 5.76. The Morgan fingerprint density at radius 1 is 1.05 bits per heavy atom. The lowest BCUT2D eigenvalue weighted by Gasteiger charge is -2.42. The molecule has 0 bridgehead atoms. The largest absolute Gasteiger partial charge is 0.486 e. The quantitative estimate of drug-likeness (QED) is 0.907. The summed E-state index contributed by atoms with van der Waals surface area (Å²) >= 11 is 0. The number of piperazine rings is 1. The van der Waals surface area contributed by atoms with Crippen molar-refractivity contribution in [3.8, 4) is 11.5 Å². The van der Waals surface area contributed by atoms with Gasteiger partial charge in [-0.2, -0.15) is 0 Å². The molecule has 21 heavy (non-hydrogen) atoms. The fourth-order valence-corrected chi connectivity index (χ4v) is 3.43. The van der Waals surface area contributed by atoms with Gasteiger partial charge in [-0.3, -0.25) is 4.90 Å². The molecule has 1 fully saturated rings. The second-order valence-electron chi connectivity index (χ2n) is 6.96. The lowest BCUT2D eigenvalue weighted by atomic mass is 9.81. The van der Waals surface area contributed by atoms with E-state index in [2.05, 4.69) is 49.2 Å². The molecule has 2 aliphatic heterocycles. The first-order valence-electron chi connectivity index (χ1n) is 7.90. The monoisotopic (exact) mass is 290 g/mol. The summed E-state index contributed by atoms with van der Waals surface area (Å²) in [5.41, 5.74) is 1.51. The number of benzene rings is 1. The Labute approximate surface area is 127 Å². The van der Waals surface area contributed by atoms with E-state index in [1.165, 1.54) is 5.56 Å². The van der Waals surface area contributed by atoms with Gasteiger partial charge in [0, 0.05) is 32.2 Å². The van der Waals surface area contributed by atoms with Gasteiger partial charge in [-0.1, -0.05) is 26.8 Å². The van der Waals surface area contributed by atoms with E-state index < -0.39 is 0 Å². The second-order valence-corrected chi connectivity index (χ2v) is 6.96. The van der Waals surface area contributed by atoms with Crippen LogP contribution in [0.15, 0.2) is 18.2 Å². The molecule has 0 amide bonds. The van der Waals surface area contributed by atoms with E-state index in [9.17, 15) is 0 Å². The van der Waals surface area contributed by atoms with Crippen molar-refractivity contribution in [3.63, 3.8) is 0 Å². The van der Waals surface area contributed by atoms with Crippen molar-refractivity contribution in [2.45, 2.75) is 26.8 Å². The van der Waals surface area contributed by atoms with E-state index in [0.29, 0.717) is 19.3 Å². The van der Waals surface area contributed by atoms with Crippen molar-refractivity contribution in [2.75, 3.05) is 39.4 Å². The highest BCUT2D eigenvalue weighted by atomic mass is 16.6. The van der Waals surface area contributed by atoms with Gasteiger partial charge in [0.1, 0.15) is 13.2 Å². The first-order valence-corrected chi connectivity index (χ1v) is 7.90. The predicted molar refractivity (Wildman–Crippen MR) is 84.1 cm³/mol. The summed E-state index contributed by atoms with van der Waals surface area (Å²) in [4.78, 5) is 2.59. The Morgan fingerprint density at radius 2 is 1.71 bits per heavy atom. The molecular weight excluding hydrogens is 264 g/mol. The molecule has 1 saturated heterocycles. The van der Waals surface area contributed by atoms with Crippen LogP contribution in [0, 0.1) is 5.41 Å². The molecule has 1 aromatic rings. The van der Waals surface area contributed by atoms with Gasteiger partial charge in [0.05, 0.1) is 0 Å². The molecule has 3 rings (SSSR count). The molecule has 0 spiro atoms. The van der Waals surface area contributed by atoms with E-state index in [-0.39, 0.29) is 5.41 Å². The van der Waals surface area contributed by atoms with Crippen LogP contribution in [0.25, 0.3) is 0 Å². The van der Waals surface area contributed by atoms with E-state index in [1.807, 2.05) is 0 Å². The van der Waals surface area contributed by atoms with Gasteiger partial charge in [-0.25, -0.2) is 0 Å². The Balaban J connectivity index is 1.92. The third-order valence-corrected chi connectivity index (χ3v) is 4.22. The number of hydrogen-bond acceptors (Lipinski definition) is 4. The van der Waals surface area contributed by atoms with Crippen LogP contribution in [0.4, 0.5) is 0 Å². The van der Waals surface area contributed by atoms with Crippen LogP contribution in [-0.4, -0.2) is 44.3 Å². The summed E-state index contributed by atoms with van der Waals surface area (Å²) in [7, 11) is 0. The number of rotatable bonds is 2. The van der Waals surface area contributed by atoms with Gasteiger partial charge in [-0.05, 0) is 23.1 Å². The van der Waals surface area contributed by atoms with E-state index in [1.54, 1.807) is 0 Å². The van der Waals surface area contributed by atoms with Gasteiger partial charge in [0.25, 0.3) is 0 Å². The minimum atomic E-state index is 0.182.